The van der Waals surface area contributed by atoms with Crippen molar-refractivity contribution in [3.8, 4) is 23.5 Å². The molecule has 0 aliphatic heterocycles. The lowest BCUT2D eigenvalue weighted by Gasteiger charge is -2.08. The maximum absolute atomic E-state index is 13.8. The summed E-state index contributed by atoms with van der Waals surface area (Å²) in [5.41, 5.74) is 2.16. The summed E-state index contributed by atoms with van der Waals surface area (Å²) in [6.07, 6.45) is 5.28. The van der Waals surface area contributed by atoms with E-state index >= 15 is 0 Å². The van der Waals surface area contributed by atoms with Gasteiger partial charge in [0.25, 0.3) is 0 Å². The average molecular weight is 228 g/mol. The van der Waals surface area contributed by atoms with Gasteiger partial charge in [0, 0.05) is 17.2 Å². The first-order valence-corrected chi connectivity index (χ1v) is 5.14. The molecule has 0 amide bonds. The molecule has 0 aromatic heterocycles. The number of rotatable bonds is 1. The highest BCUT2D eigenvalue weighted by atomic mass is 19.1. The third-order valence-electron chi connectivity index (χ3n) is 2.52. The van der Waals surface area contributed by atoms with Crippen LogP contribution in [-0.4, -0.2) is 0 Å². The van der Waals surface area contributed by atoms with Crippen LogP contribution < -0.4 is 0 Å². The molecule has 0 aliphatic carbocycles. The third kappa shape index (κ3) is 2.19. The van der Waals surface area contributed by atoms with E-state index < -0.39 is 11.6 Å². The lowest BCUT2D eigenvalue weighted by molar-refractivity contribution is 0.585. The van der Waals surface area contributed by atoms with Gasteiger partial charge in [-0.1, -0.05) is 35.7 Å². The first-order valence-electron chi connectivity index (χ1n) is 5.14. The molecule has 2 aromatic carbocycles. The molecule has 0 N–H and O–H groups in total. The summed E-state index contributed by atoms with van der Waals surface area (Å²) in [4.78, 5) is 0. The number of terminal acetylenes is 1. The van der Waals surface area contributed by atoms with Crippen molar-refractivity contribution in [2.75, 3.05) is 0 Å². The van der Waals surface area contributed by atoms with Crippen LogP contribution in [0.4, 0.5) is 8.78 Å². The lowest BCUT2D eigenvalue weighted by atomic mass is 9.98. The normalized spacial score (nSPS) is 10.0. The Bertz CT molecular complexity index is 607. The van der Waals surface area contributed by atoms with Gasteiger partial charge in [-0.15, -0.1) is 6.42 Å². The molecule has 0 saturated heterocycles. The zero-order valence-corrected chi connectivity index (χ0v) is 9.30. The number of hydrogen-bond donors (Lipinski definition) is 0. The summed E-state index contributed by atoms with van der Waals surface area (Å²) in [6, 6.07) is 9.30. The molecule has 84 valence electrons. The largest absolute Gasteiger partial charge is 0.207 e. The van der Waals surface area contributed by atoms with Crippen molar-refractivity contribution in [2.24, 2.45) is 0 Å². The van der Waals surface area contributed by atoms with E-state index in [1.807, 2.05) is 25.1 Å². The molecule has 0 bridgehead atoms. The van der Waals surface area contributed by atoms with Crippen LogP contribution >= 0.6 is 0 Å². The third-order valence-corrected chi connectivity index (χ3v) is 2.52. The fourth-order valence-corrected chi connectivity index (χ4v) is 1.78. The molecular formula is C15H10F2. The van der Waals surface area contributed by atoms with Crippen LogP contribution in [0.3, 0.4) is 0 Å². The summed E-state index contributed by atoms with van der Waals surface area (Å²) in [5, 5.41) is 0. The Hall–Kier alpha value is -2.14. The van der Waals surface area contributed by atoms with E-state index in [1.54, 1.807) is 6.07 Å². The molecule has 17 heavy (non-hydrogen) atoms. The van der Waals surface area contributed by atoms with Crippen LogP contribution in [-0.2, 0) is 0 Å². The smallest absolute Gasteiger partial charge is 0.135 e. The minimum absolute atomic E-state index is 0.230. The van der Waals surface area contributed by atoms with Crippen molar-refractivity contribution in [3.05, 3.63) is 59.2 Å². The van der Waals surface area contributed by atoms with Gasteiger partial charge in [0.2, 0.25) is 0 Å². The van der Waals surface area contributed by atoms with Gasteiger partial charge >= 0.3 is 0 Å². The Morgan fingerprint density at radius 2 is 1.88 bits per heavy atom. The van der Waals surface area contributed by atoms with E-state index in [4.69, 9.17) is 6.42 Å². The van der Waals surface area contributed by atoms with E-state index in [0.29, 0.717) is 5.56 Å². The van der Waals surface area contributed by atoms with Gasteiger partial charge < -0.3 is 0 Å². The van der Waals surface area contributed by atoms with Crippen LogP contribution in [0.2, 0.25) is 0 Å². The Kier molecular flexibility index (Phi) is 2.93. The van der Waals surface area contributed by atoms with Crippen molar-refractivity contribution in [1.29, 1.82) is 0 Å². The quantitative estimate of drug-likeness (QED) is 0.649. The molecule has 0 aliphatic rings. The summed E-state index contributed by atoms with van der Waals surface area (Å²) in [6.45, 7) is 1.90. The SMILES string of the molecule is C#Cc1cc(F)cc(F)c1-c1cccc(C)c1. The zero-order valence-electron chi connectivity index (χ0n) is 9.30. The highest BCUT2D eigenvalue weighted by molar-refractivity contribution is 5.72. The monoisotopic (exact) mass is 228 g/mol. The molecule has 2 rings (SSSR count). The van der Waals surface area contributed by atoms with Gasteiger partial charge in [0.05, 0.1) is 0 Å². The van der Waals surface area contributed by atoms with Crippen molar-refractivity contribution in [1.82, 2.24) is 0 Å². The fraction of sp³-hybridized carbons (Fsp3) is 0.0667. The zero-order chi connectivity index (χ0) is 12.4. The van der Waals surface area contributed by atoms with E-state index in [1.165, 1.54) is 6.07 Å². The highest BCUT2D eigenvalue weighted by Gasteiger charge is 2.12. The summed E-state index contributed by atoms with van der Waals surface area (Å²) in [7, 11) is 0. The van der Waals surface area contributed by atoms with Gasteiger partial charge in [-0.3, -0.25) is 0 Å². The second kappa shape index (κ2) is 4.39. The second-order valence-electron chi connectivity index (χ2n) is 3.82. The molecule has 0 spiro atoms. The second-order valence-corrected chi connectivity index (χ2v) is 3.82. The average Bonchev–Trinajstić information content (AvgIpc) is 2.27. The summed E-state index contributed by atoms with van der Waals surface area (Å²) in [5.74, 6) is 1.02. The number of benzene rings is 2. The van der Waals surface area contributed by atoms with Gasteiger partial charge in [0.15, 0.2) is 0 Å². The standard InChI is InChI=1S/C15H10F2/c1-3-11-8-13(16)9-14(17)15(11)12-6-4-5-10(2)7-12/h1,4-9H,2H3. The van der Waals surface area contributed by atoms with Crippen LogP contribution in [0.15, 0.2) is 36.4 Å². The van der Waals surface area contributed by atoms with Crippen LogP contribution in [0.1, 0.15) is 11.1 Å². The predicted octanol–water partition coefficient (Wildman–Crippen LogP) is 3.92. The highest BCUT2D eigenvalue weighted by Crippen LogP contribution is 2.28. The lowest BCUT2D eigenvalue weighted by Crippen LogP contribution is -1.92. The minimum atomic E-state index is -0.660. The Balaban J connectivity index is 2.71. The van der Waals surface area contributed by atoms with Gasteiger partial charge in [-0.2, -0.15) is 0 Å². The molecule has 0 unspecified atom stereocenters. The molecule has 0 fully saturated rings. The number of halogens is 2. The molecule has 2 heteroatoms. The predicted molar refractivity (Wildman–Crippen MR) is 64.5 cm³/mol. The Labute approximate surface area is 98.9 Å². The maximum Gasteiger partial charge on any atom is 0.135 e. The van der Waals surface area contributed by atoms with E-state index in [0.717, 1.165) is 11.6 Å². The van der Waals surface area contributed by atoms with Gasteiger partial charge in [-0.25, -0.2) is 8.78 Å². The topological polar surface area (TPSA) is 0 Å². The maximum atomic E-state index is 13.8. The first-order chi connectivity index (χ1) is 8.11. The van der Waals surface area contributed by atoms with E-state index in [9.17, 15) is 8.78 Å². The van der Waals surface area contributed by atoms with Gasteiger partial charge in [-0.05, 0) is 18.6 Å². The number of hydrogen-bond acceptors (Lipinski definition) is 0. The summed E-state index contributed by atoms with van der Waals surface area (Å²) < 4.78 is 26.8. The van der Waals surface area contributed by atoms with Crippen molar-refractivity contribution < 1.29 is 8.78 Å². The van der Waals surface area contributed by atoms with E-state index in [2.05, 4.69) is 5.92 Å². The van der Waals surface area contributed by atoms with E-state index in [-0.39, 0.29) is 11.1 Å². The van der Waals surface area contributed by atoms with Crippen LogP contribution in [0.5, 0.6) is 0 Å². The van der Waals surface area contributed by atoms with Crippen molar-refractivity contribution in [3.63, 3.8) is 0 Å². The molecule has 0 atom stereocenters. The van der Waals surface area contributed by atoms with Crippen molar-refractivity contribution >= 4 is 0 Å². The molecule has 0 heterocycles. The van der Waals surface area contributed by atoms with Crippen LogP contribution in [0, 0.1) is 30.9 Å². The fourth-order valence-electron chi connectivity index (χ4n) is 1.78. The molecular weight excluding hydrogens is 218 g/mol. The van der Waals surface area contributed by atoms with Gasteiger partial charge in [0.1, 0.15) is 11.6 Å². The van der Waals surface area contributed by atoms with Crippen LogP contribution in [0.25, 0.3) is 11.1 Å². The molecule has 0 saturated carbocycles. The number of aryl methyl sites for hydroxylation is 1. The molecule has 2 aromatic rings. The Morgan fingerprint density at radius 3 is 2.53 bits per heavy atom. The molecule has 0 radical (unpaired) electrons. The summed E-state index contributed by atoms with van der Waals surface area (Å²) >= 11 is 0. The first kappa shape index (κ1) is 11.3. The van der Waals surface area contributed by atoms with Crippen molar-refractivity contribution in [2.45, 2.75) is 6.92 Å². The Morgan fingerprint density at radius 1 is 1.12 bits per heavy atom. The molecule has 0 nitrogen and oxygen atoms in total. The minimum Gasteiger partial charge on any atom is -0.207 e.